The molecule has 1 aliphatic carbocycles. The Morgan fingerprint density at radius 3 is 2.74 bits per heavy atom. The number of fused-ring (bicyclic) bond motifs is 2. The lowest BCUT2D eigenvalue weighted by molar-refractivity contribution is -0.113. The van der Waals surface area contributed by atoms with Gasteiger partial charge in [-0.25, -0.2) is 9.37 Å². The predicted octanol–water partition coefficient (Wildman–Crippen LogP) is 7.18. The summed E-state index contributed by atoms with van der Waals surface area (Å²) in [6, 6.07) is 11.1. The summed E-state index contributed by atoms with van der Waals surface area (Å²) in [6.07, 6.45) is 7.58. The zero-order valence-corrected chi connectivity index (χ0v) is 21.1. The van der Waals surface area contributed by atoms with Gasteiger partial charge in [-0.3, -0.25) is 9.59 Å². The molecule has 176 valence electrons. The summed E-state index contributed by atoms with van der Waals surface area (Å²) in [7, 11) is 0. The molecule has 35 heavy (non-hydrogen) atoms. The van der Waals surface area contributed by atoms with E-state index in [4.69, 9.17) is 11.6 Å². The maximum absolute atomic E-state index is 14.8. The van der Waals surface area contributed by atoms with Gasteiger partial charge in [-0.1, -0.05) is 35.9 Å². The topological polar surface area (TPSA) is 52.0 Å². The van der Waals surface area contributed by atoms with E-state index in [-0.39, 0.29) is 30.3 Å². The van der Waals surface area contributed by atoms with Crippen molar-refractivity contribution >= 4 is 62.3 Å². The van der Waals surface area contributed by atoms with Gasteiger partial charge in [0.05, 0.1) is 23.3 Å². The number of allylic oxidation sites excluding steroid dienone is 4. The fourth-order valence-corrected chi connectivity index (χ4v) is 5.26. The van der Waals surface area contributed by atoms with Crippen LogP contribution in [0.15, 0.2) is 59.5 Å². The fraction of sp³-hybridized carbons (Fsp3) is 0.179. The van der Waals surface area contributed by atoms with Crippen LogP contribution in [0.3, 0.4) is 0 Å². The molecule has 5 rings (SSSR count). The number of pyridine rings is 1. The van der Waals surface area contributed by atoms with E-state index in [1.807, 2.05) is 36.6 Å². The number of Topliss-reactive ketones (excluding diaryl/α,β-unsaturated/α-hetero) is 2. The van der Waals surface area contributed by atoms with Crippen LogP contribution in [0.25, 0.3) is 27.4 Å². The van der Waals surface area contributed by atoms with E-state index in [1.54, 1.807) is 41.5 Å². The molecule has 2 aromatic heterocycles. The zero-order valence-electron chi connectivity index (χ0n) is 19.5. The van der Waals surface area contributed by atoms with Crippen molar-refractivity contribution in [3.63, 3.8) is 0 Å². The lowest BCUT2D eigenvalue weighted by Gasteiger charge is -2.14. The molecule has 0 amide bonds. The maximum atomic E-state index is 14.8. The average Bonchev–Trinajstić information content (AvgIpc) is 3.12. The Bertz CT molecular complexity index is 1620. The van der Waals surface area contributed by atoms with Crippen LogP contribution in [0.2, 0.25) is 5.15 Å². The van der Waals surface area contributed by atoms with E-state index >= 15 is 0 Å². The van der Waals surface area contributed by atoms with Crippen LogP contribution in [0.5, 0.6) is 0 Å². The first-order valence-corrected chi connectivity index (χ1v) is 12.8. The first-order chi connectivity index (χ1) is 16.8. The van der Waals surface area contributed by atoms with E-state index in [9.17, 15) is 14.0 Å². The normalized spacial score (nSPS) is 13.6. The highest BCUT2D eigenvalue weighted by atomic mass is 35.5. The minimum Gasteiger partial charge on any atom is -0.333 e. The Hall–Kier alpha value is -3.22. The molecule has 0 spiro atoms. The minimum absolute atomic E-state index is 0.0777. The number of benzene rings is 2. The van der Waals surface area contributed by atoms with Crippen LogP contribution in [-0.2, 0) is 11.3 Å². The first-order valence-electron chi connectivity index (χ1n) is 11.2. The molecule has 0 atom stereocenters. The number of halogens is 2. The largest absolute Gasteiger partial charge is 0.333 e. The van der Waals surface area contributed by atoms with Crippen LogP contribution in [0.1, 0.15) is 40.5 Å². The average molecular weight is 505 g/mol. The molecule has 0 bridgehead atoms. The highest BCUT2D eigenvalue weighted by Gasteiger charge is 2.27. The number of hydrogen-bond donors (Lipinski definition) is 0. The van der Waals surface area contributed by atoms with E-state index in [0.717, 1.165) is 15.8 Å². The molecule has 1 aliphatic rings. The number of carbonyl (C=O) groups excluding carboxylic acids is 2. The lowest BCUT2D eigenvalue weighted by atomic mass is 9.92. The maximum Gasteiger partial charge on any atom is 0.176 e. The van der Waals surface area contributed by atoms with E-state index in [2.05, 4.69) is 4.98 Å². The smallest absolute Gasteiger partial charge is 0.176 e. The summed E-state index contributed by atoms with van der Waals surface area (Å²) in [6.45, 7) is 3.34. The number of aromatic nitrogens is 2. The van der Waals surface area contributed by atoms with Gasteiger partial charge in [0.15, 0.2) is 11.6 Å². The number of hydrogen-bond acceptors (Lipinski definition) is 4. The van der Waals surface area contributed by atoms with Gasteiger partial charge in [0, 0.05) is 45.7 Å². The van der Waals surface area contributed by atoms with Crippen LogP contribution in [0, 0.1) is 12.7 Å². The Labute approximate surface area is 211 Å². The number of ketones is 2. The molecule has 0 saturated carbocycles. The number of nitrogens with zero attached hydrogens (tertiary/aromatic N) is 2. The third kappa shape index (κ3) is 4.11. The summed E-state index contributed by atoms with van der Waals surface area (Å²) in [5, 5.41) is 1.90. The standard InChI is InChI=1S/C28H22ClFN2O2S/c1-15-10-21-24(13-22(15)30)32(27(16(2)33)26(21)20-6-4-5-7-25(20)34)14-18-11-17-8-9-19(35-3)12-23(17)31-28(18)29/h4-6,8-13H,7,14H2,1-3H3. The summed E-state index contributed by atoms with van der Waals surface area (Å²) in [4.78, 5) is 31.5. The third-order valence-corrected chi connectivity index (χ3v) is 7.38. The molecule has 0 unspecified atom stereocenters. The van der Waals surface area contributed by atoms with E-state index in [1.165, 1.54) is 13.0 Å². The molecule has 4 nitrogen and oxygen atoms in total. The van der Waals surface area contributed by atoms with Gasteiger partial charge >= 0.3 is 0 Å². The van der Waals surface area contributed by atoms with Gasteiger partial charge in [-0.2, -0.15) is 0 Å². The van der Waals surface area contributed by atoms with Crippen molar-refractivity contribution < 1.29 is 14.0 Å². The lowest BCUT2D eigenvalue weighted by Crippen LogP contribution is -2.12. The molecule has 0 aliphatic heterocycles. The van der Waals surface area contributed by atoms with Crippen molar-refractivity contribution in [2.45, 2.75) is 31.7 Å². The van der Waals surface area contributed by atoms with Crippen molar-refractivity contribution in [2.24, 2.45) is 0 Å². The highest BCUT2D eigenvalue weighted by molar-refractivity contribution is 7.98. The predicted molar refractivity (Wildman–Crippen MR) is 141 cm³/mol. The zero-order chi connectivity index (χ0) is 24.9. The van der Waals surface area contributed by atoms with Gasteiger partial charge < -0.3 is 4.57 Å². The Balaban J connectivity index is 1.77. The SMILES string of the molecule is CSc1ccc2cc(Cn3c(C(C)=O)c(C4=CC=CCC4=O)c4cc(C)c(F)cc43)c(Cl)nc2c1. The number of rotatable bonds is 5. The number of aryl methyl sites for hydroxylation is 1. The summed E-state index contributed by atoms with van der Waals surface area (Å²) >= 11 is 8.23. The second-order valence-electron chi connectivity index (χ2n) is 8.62. The molecule has 0 radical (unpaired) electrons. The van der Waals surface area contributed by atoms with Gasteiger partial charge in [-0.15, -0.1) is 11.8 Å². The van der Waals surface area contributed by atoms with Crippen molar-refractivity contribution in [2.75, 3.05) is 6.26 Å². The Morgan fingerprint density at radius 1 is 1.23 bits per heavy atom. The number of carbonyl (C=O) groups is 2. The van der Waals surface area contributed by atoms with E-state index < -0.39 is 0 Å². The summed E-state index contributed by atoms with van der Waals surface area (Å²) < 4.78 is 16.5. The molecular weight excluding hydrogens is 483 g/mol. The first kappa shape index (κ1) is 23.5. The quantitative estimate of drug-likeness (QED) is 0.164. The van der Waals surface area contributed by atoms with Crippen LogP contribution >= 0.6 is 23.4 Å². The van der Waals surface area contributed by atoms with Crippen molar-refractivity contribution in [3.05, 3.63) is 88.0 Å². The Kier molecular flexibility index (Phi) is 6.11. The Morgan fingerprint density at radius 2 is 2.03 bits per heavy atom. The molecule has 2 heterocycles. The third-order valence-electron chi connectivity index (χ3n) is 6.33. The molecule has 0 fully saturated rings. The fourth-order valence-electron chi connectivity index (χ4n) is 4.62. The molecule has 2 aromatic carbocycles. The van der Waals surface area contributed by atoms with Crippen LogP contribution in [0.4, 0.5) is 4.39 Å². The van der Waals surface area contributed by atoms with Crippen molar-refractivity contribution in [1.29, 1.82) is 0 Å². The number of thioether (sulfide) groups is 1. The molecular formula is C28H22ClFN2O2S. The second kappa shape index (κ2) is 9.10. The summed E-state index contributed by atoms with van der Waals surface area (Å²) in [5.74, 6) is -0.674. The van der Waals surface area contributed by atoms with E-state index in [0.29, 0.717) is 44.0 Å². The minimum atomic E-state index is -0.380. The molecule has 0 saturated heterocycles. The van der Waals surface area contributed by atoms with Crippen LogP contribution in [-0.4, -0.2) is 27.4 Å². The van der Waals surface area contributed by atoms with Crippen molar-refractivity contribution in [3.8, 4) is 0 Å². The van der Waals surface area contributed by atoms with Gasteiger partial charge in [-0.05, 0) is 49.1 Å². The highest BCUT2D eigenvalue weighted by Crippen LogP contribution is 2.37. The molecule has 7 heteroatoms. The van der Waals surface area contributed by atoms with Gasteiger partial charge in [0.1, 0.15) is 11.0 Å². The molecule has 4 aromatic rings. The monoisotopic (exact) mass is 504 g/mol. The van der Waals surface area contributed by atoms with Crippen LogP contribution < -0.4 is 0 Å². The summed E-state index contributed by atoms with van der Waals surface area (Å²) in [5.41, 5.74) is 3.81. The van der Waals surface area contributed by atoms with Crippen molar-refractivity contribution in [1.82, 2.24) is 9.55 Å². The second-order valence-corrected chi connectivity index (χ2v) is 9.85. The molecule has 0 N–H and O–H groups in total. The van der Waals surface area contributed by atoms with Gasteiger partial charge in [0.2, 0.25) is 0 Å². The van der Waals surface area contributed by atoms with Gasteiger partial charge in [0.25, 0.3) is 0 Å².